The van der Waals surface area contributed by atoms with Gasteiger partial charge in [0.05, 0.1) is 6.04 Å². The fourth-order valence-corrected chi connectivity index (χ4v) is 2.08. The van der Waals surface area contributed by atoms with Gasteiger partial charge in [-0.1, -0.05) is 24.3 Å². The van der Waals surface area contributed by atoms with E-state index in [9.17, 15) is 13.2 Å². The third-order valence-corrected chi connectivity index (χ3v) is 3.02. The van der Waals surface area contributed by atoms with Crippen molar-refractivity contribution in [3.8, 4) is 5.75 Å². The van der Waals surface area contributed by atoms with Crippen LogP contribution in [0.1, 0.15) is 17.2 Å². The fourth-order valence-electron chi connectivity index (χ4n) is 2.08. The molecular weight excluding hydrogens is 281 g/mol. The van der Waals surface area contributed by atoms with Crippen molar-refractivity contribution in [2.45, 2.75) is 19.1 Å². The predicted molar refractivity (Wildman–Crippen MR) is 73.2 cm³/mol. The van der Waals surface area contributed by atoms with Gasteiger partial charge < -0.3 is 4.74 Å². The smallest absolute Gasteiger partial charge is 0.387 e. The van der Waals surface area contributed by atoms with Crippen LogP contribution in [0.5, 0.6) is 5.75 Å². The number of ether oxygens (including phenoxy) is 1. The Kier molecular flexibility index (Phi) is 5.19. The molecular formula is C15H15F3N2O. The molecule has 0 aliphatic carbocycles. The van der Waals surface area contributed by atoms with Crippen molar-refractivity contribution in [3.05, 3.63) is 65.5 Å². The number of hydrogen-bond acceptors (Lipinski definition) is 3. The summed E-state index contributed by atoms with van der Waals surface area (Å²) >= 11 is 0. The normalized spacial score (nSPS) is 12.4. The summed E-state index contributed by atoms with van der Waals surface area (Å²) in [5, 5.41) is 0. The number of nitrogens with two attached hydrogens (primary N) is 1. The largest absolute Gasteiger partial charge is 0.435 e. The van der Waals surface area contributed by atoms with E-state index in [1.165, 1.54) is 24.3 Å². The Hall–Kier alpha value is -2.05. The minimum atomic E-state index is -2.88. The van der Waals surface area contributed by atoms with Crippen molar-refractivity contribution in [2.24, 2.45) is 5.84 Å². The van der Waals surface area contributed by atoms with Crippen LogP contribution in [0.4, 0.5) is 13.2 Å². The molecule has 0 bridgehead atoms. The van der Waals surface area contributed by atoms with Gasteiger partial charge in [0, 0.05) is 0 Å². The van der Waals surface area contributed by atoms with E-state index in [1.54, 1.807) is 24.3 Å². The maximum absolute atomic E-state index is 13.2. The van der Waals surface area contributed by atoms with Crippen LogP contribution in [0, 0.1) is 5.82 Å². The Bertz CT molecular complexity index is 593. The van der Waals surface area contributed by atoms with E-state index in [4.69, 9.17) is 5.84 Å². The maximum Gasteiger partial charge on any atom is 0.387 e. The Morgan fingerprint density at radius 2 is 1.86 bits per heavy atom. The minimum Gasteiger partial charge on any atom is -0.435 e. The number of rotatable bonds is 6. The summed E-state index contributed by atoms with van der Waals surface area (Å²) in [6.45, 7) is -2.88. The van der Waals surface area contributed by atoms with Crippen molar-refractivity contribution < 1.29 is 17.9 Å². The van der Waals surface area contributed by atoms with E-state index < -0.39 is 6.61 Å². The Labute approximate surface area is 120 Å². The highest BCUT2D eigenvalue weighted by Gasteiger charge is 2.13. The van der Waals surface area contributed by atoms with Crippen molar-refractivity contribution in [1.82, 2.24) is 5.43 Å². The number of alkyl halides is 2. The quantitative estimate of drug-likeness (QED) is 0.636. The van der Waals surface area contributed by atoms with Gasteiger partial charge in [-0.25, -0.2) is 4.39 Å². The molecule has 0 saturated carbocycles. The first-order valence-corrected chi connectivity index (χ1v) is 6.34. The van der Waals surface area contributed by atoms with Gasteiger partial charge >= 0.3 is 6.61 Å². The van der Waals surface area contributed by atoms with E-state index in [-0.39, 0.29) is 17.6 Å². The molecule has 0 amide bonds. The van der Waals surface area contributed by atoms with Crippen molar-refractivity contribution >= 4 is 0 Å². The summed E-state index contributed by atoms with van der Waals surface area (Å²) in [5.74, 6) is 5.23. The molecule has 0 spiro atoms. The molecule has 0 aromatic heterocycles. The summed E-state index contributed by atoms with van der Waals surface area (Å²) in [7, 11) is 0. The molecule has 6 heteroatoms. The fraction of sp³-hybridized carbons (Fsp3) is 0.200. The lowest BCUT2D eigenvalue weighted by Crippen LogP contribution is -2.29. The van der Waals surface area contributed by atoms with E-state index in [1.807, 2.05) is 0 Å². The second-order valence-electron chi connectivity index (χ2n) is 4.50. The molecule has 2 aromatic carbocycles. The van der Waals surface area contributed by atoms with Gasteiger partial charge in [-0.3, -0.25) is 11.3 Å². The second-order valence-corrected chi connectivity index (χ2v) is 4.50. The van der Waals surface area contributed by atoms with Gasteiger partial charge in [-0.05, 0) is 41.8 Å². The van der Waals surface area contributed by atoms with E-state index >= 15 is 0 Å². The topological polar surface area (TPSA) is 47.3 Å². The SMILES string of the molecule is NNC(Cc1cccc(F)c1)c1cccc(OC(F)F)c1. The first-order chi connectivity index (χ1) is 10.1. The van der Waals surface area contributed by atoms with Gasteiger partial charge in [0.2, 0.25) is 0 Å². The van der Waals surface area contributed by atoms with E-state index in [0.29, 0.717) is 12.0 Å². The van der Waals surface area contributed by atoms with Gasteiger partial charge in [-0.15, -0.1) is 0 Å². The molecule has 2 rings (SSSR count). The third kappa shape index (κ3) is 4.47. The summed E-state index contributed by atoms with van der Waals surface area (Å²) < 4.78 is 42.0. The Balaban J connectivity index is 2.17. The highest BCUT2D eigenvalue weighted by molar-refractivity contribution is 5.32. The summed E-state index contributed by atoms with van der Waals surface area (Å²) in [5.41, 5.74) is 4.03. The summed E-state index contributed by atoms with van der Waals surface area (Å²) in [6.07, 6.45) is 0.423. The minimum absolute atomic E-state index is 0.0574. The van der Waals surface area contributed by atoms with Crippen molar-refractivity contribution in [2.75, 3.05) is 0 Å². The van der Waals surface area contributed by atoms with Gasteiger partial charge in [0.25, 0.3) is 0 Å². The lowest BCUT2D eigenvalue weighted by atomic mass is 9.99. The van der Waals surface area contributed by atoms with Crippen LogP contribution in [0.2, 0.25) is 0 Å². The van der Waals surface area contributed by atoms with Crippen LogP contribution >= 0.6 is 0 Å². The molecule has 0 fully saturated rings. The summed E-state index contributed by atoms with van der Waals surface area (Å²) in [6, 6.07) is 12.1. The zero-order chi connectivity index (χ0) is 15.2. The van der Waals surface area contributed by atoms with Crippen LogP contribution in [-0.4, -0.2) is 6.61 Å². The molecule has 0 heterocycles. The van der Waals surface area contributed by atoms with Crippen LogP contribution in [0.3, 0.4) is 0 Å². The van der Waals surface area contributed by atoms with Crippen molar-refractivity contribution in [1.29, 1.82) is 0 Å². The predicted octanol–water partition coefficient (Wildman–Crippen LogP) is 3.17. The average molecular weight is 296 g/mol. The molecule has 21 heavy (non-hydrogen) atoms. The average Bonchev–Trinajstić information content (AvgIpc) is 2.44. The van der Waals surface area contributed by atoms with Gasteiger partial charge in [-0.2, -0.15) is 8.78 Å². The molecule has 0 saturated heterocycles. The van der Waals surface area contributed by atoms with Crippen LogP contribution < -0.4 is 16.0 Å². The zero-order valence-corrected chi connectivity index (χ0v) is 11.1. The number of nitrogens with one attached hydrogen (secondary N) is 1. The molecule has 0 aliphatic rings. The third-order valence-electron chi connectivity index (χ3n) is 3.02. The highest BCUT2D eigenvalue weighted by atomic mass is 19.3. The van der Waals surface area contributed by atoms with E-state index in [2.05, 4.69) is 10.2 Å². The molecule has 0 radical (unpaired) electrons. The molecule has 3 N–H and O–H groups in total. The molecule has 1 atom stereocenters. The Morgan fingerprint density at radius 3 is 2.52 bits per heavy atom. The first kappa shape index (κ1) is 15.3. The van der Waals surface area contributed by atoms with Crippen LogP contribution in [0.25, 0.3) is 0 Å². The zero-order valence-electron chi connectivity index (χ0n) is 11.1. The molecule has 1 unspecified atom stereocenters. The monoisotopic (exact) mass is 296 g/mol. The Morgan fingerprint density at radius 1 is 1.10 bits per heavy atom. The molecule has 3 nitrogen and oxygen atoms in total. The number of benzene rings is 2. The molecule has 2 aromatic rings. The lowest BCUT2D eigenvalue weighted by Gasteiger charge is -2.17. The first-order valence-electron chi connectivity index (χ1n) is 6.34. The highest BCUT2D eigenvalue weighted by Crippen LogP contribution is 2.23. The van der Waals surface area contributed by atoms with E-state index in [0.717, 1.165) is 5.56 Å². The van der Waals surface area contributed by atoms with Crippen LogP contribution in [0.15, 0.2) is 48.5 Å². The maximum atomic E-state index is 13.2. The molecule has 112 valence electrons. The van der Waals surface area contributed by atoms with Crippen LogP contribution in [-0.2, 0) is 6.42 Å². The summed E-state index contributed by atoms with van der Waals surface area (Å²) in [4.78, 5) is 0. The number of hydrogen-bond donors (Lipinski definition) is 2. The second kappa shape index (κ2) is 7.10. The number of halogens is 3. The van der Waals surface area contributed by atoms with Gasteiger partial charge in [0.15, 0.2) is 0 Å². The number of hydrazine groups is 1. The molecule has 0 aliphatic heterocycles. The standard InChI is InChI=1S/C15H15F3N2O/c16-12-5-1-3-10(7-12)8-14(20-19)11-4-2-6-13(9-11)21-15(17)18/h1-7,9,14-15,20H,8,19H2. The van der Waals surface area contributed by atoms with Crippen molar-refractivity contribution in [3.63, 3.8) is 0 Å². The lowest BCUT2D eigenvalue weighted by molar-refractivity contribution is -0.0499. The van der Waals surface area contributed by atoms with Gasteiger partial charge in [0.1, 0.15) is 11.6 Å².